The topological polar surface area (TPSA) is 42.1 Å². The van der Waals surface area contributed by atoms with Gasteiger partial charge in [0.25, 0.3) is 5.56 Å². The van der Waals surface area contributed by atoms with E-state index in [0.29, 0.717) is 11.3 Å². The summed E-state index contributed by atoms with van der Waals surface area (Å²) in [4.78, 5) is 15.6. The van der Waals surface area contributed by atoms with Gasteiger partial charge in [-0.25, -0.2) is 4.39 Å². The molecule has 3 aromatic carbocycles. The van der Waals surface area contributed by atoms with Gasteiger partial charge in [-0.05, 0) is 30.2 Å². The molecule has 0 atom stereocenters. The van der Waals surface area contributed by atoms with Gasteiger partial charge in [0, 0.05) is 22.5 Å². The number of H-pyrrole nitrogens is 1. The monoisotopic (exact) mass is 345 g/mol. The van der Waals surface area contributed by atoms with Crippen LogP contribution >= 0.6 is 0 Å². The SMILES string of the molecule is Cc1ccc(F)cc1Oc1c(-c2ccccc2)c2ccccc2[nH]c1=O. The number of fused-ring (bicyclic) bond motifs is 1. The van der Waals surface area contributed by atoms with Crippen LogP contribution in [0.4, 0.5) is 4.39 Å². The number of aromatic nitrogens is 1. The van der Waals surface area contributed by atoms with Crippen molar-refractivity contribution in [3.63, 3.8) is 0 Å². The van der Waals surface area contributed by atoms with Gasteiger partial charge < -0.3 is 9.72 Å². The fraction of sp³-hybridized carbons (Fsp3) is 0.0455. The third kappa shape index (κ3) is 2.86. The van der Waals surface area contributed by atoms with Crippen LogP contribution in [0.15, 0.2) is 77.6 Å². The van der Waals surface area contributed by atoms with Crippen molar-refractivity contribution >= 4 is 10.9 Å². The first-order valence-corrected chi connectivity index (χ1v) is 8.28. The molecule has 0 aliphatic heterocycles. The normalized spacial score (nSPS) is 10.8. The van der Waals surface area contributed by atoms with Crippen molar-refractivity contribution in [3.8, 4) is 22.6 Å². The highest BCUT2D eigenvalue weighted by atomic mass is 19.1. The minimum absolute atomic E-state index is 0.156. The molecule has 0 unspecified atom stereocenters. The van der Waals surface area contributed by atoms with Crippen molar-refractivity contribution in [1.29, 1.82) is 0 Å². The zero-order valence-electron chi connectivity index (χ0n) is 14.1. The average molecular weight is 345 g/mol. The van der Waals surface area contributed by atoms with E-state index in [9.17, 15) is 9.18 Å². The van der Waals surface area contributed by atoms with Crippen molar-refractivity contribution in [2.45, 2.75) is 6.92 Å². The second kappa shape index (κ2) is 6.48. The molecule has 1 heterocycles. The van der Waals surface area contributed by atoms with Gasteiger partial charge in [0.05, 0.1) is 0 Å². The maximum Gasteiger partial charge on any atom is 0.292 e. The largest absolute Gasteiger partial charge is 0.450 e. The summed E-state index contributed by atoms with van der Waals surface area (Å²) < 4.78 is 19.6. The highest BCUT2D eigenvalue weighted by molar-refractivity contribution is 5.97. The van der Waals surface area contributed by atoms with Crippen LogP contribution in [0.2, 0.25) is 0 Å². The Labute approximate surface area is 149 Å². The number of rotatable bonds is 3. The molecule has 0 saturated heterocycles. The first-order chi connectivity index (χ1) is 12.6. The molecule has 4 heteroatoms. The van der Waals surface area contributed by atoms with E-state index in [1.165, 1.54) is 12.1 Å². The summed E-state index contributed by atoms with van der Waals surface area (Å²) in [5, 5.41) is 0.863. The van der Waals surface area contributed by atoms with Gasteiger partial charge in [0.2, 0.25) is 5.75 Å². The predicted octanol–water partition coefficient (Wildman–Crippen LogP) is 5.43. The summed E-state index contributed by atoms with van der Waals surface area (Å²) in [5.41, 5.74) is 2.66. The highest BCUT2D eigenvalue weighted by Gasteiger charge is 2.17. The molecule has 1 N–H and O–H groups in total. The summed E-state index contributed by atoms with van der Waals surface area (Å²) in [6.45, 7) is 1.81. The maximum absolute atomic E-state index is 13.7. The summed E-state index contributed by atoms with van der Waals surface area (Å²) in [7, 11) is 0. The van der Waals surface area contributed by atoms with Gasteiger partial charge >= 0.3 is 0 Å². The average Bonchev–Trinajstić information content (AvgIpc) is 2.66. The number of pyridine rings is 1. The van der Waals surface area contributed by atoms with E-state index in [1.807, 2.05) is 61.5 Å². The Morgan fingerprint density at radius 1 is 0.923 bits per heavy atom. The first kappa shape index (κ1) is 16.1. The fourth-order valence-electron chi connectivity index (χ4n) is 3.01. The zero-order valence-corrected chi connectivity index (χ0v) is 14.1. The molecule has 0 radical (unpaired) electrons. The van der Waals surface area contributed by atoms with Gasteiger partial charge in [0.15, 0.2) is 0 Å². The number of benzene rings is 3. The standard InChI is InChI=1S/C22H16FNO2/c1-14-11-12-16(23)13-19(14)26-21-20(15-7-3-2-4-8-15)17-9-5-6-10-18(17)24-22(21)25/h2-13H,1H3,(H,24,25). The number of ether oxygens (including phenoxy) is 1. The molecular formula is C22H16FNO2. The van der Waals surface area contributed by atoms with E-state index in [0.717, 1.165) is 22.0 Å². The van der Waals surface area contributed by atoms with Crippen molar-refractivity contribution < 1.29 is 9.13 Å². The Morgan fingerprint density at radius 2 is 1.65 bits per heavy atom. The minimum Gasteiger partial charge on any atom is -0.450 e. The Kier molecular flexibility index (Phi) is 4.01. The van der Waals surface area contributed by atoms with Crippen LogP contribution in [-0.4, -0.2) is 4.98 Å². The van der Waals surface area contributed by atoms with Crippen LogP contribution in [0.5, 0.6) is 11.5 Å². The number of nitrogens with one attached hydrogen (secondary N) is 1. The molecule has 0 bridgehead atoms. The van der Waals surface area contributed by atoms with Crippen molar-refractivity contribution in [3.05, 3.63) is 94.5 Å². The lowest BCUT2D eigenvalue weighted by Gasteiger charge is -2.15. The number of aromatic amines is 1. The maximum atomic E-state index is 13.7. The van der Waals surface area contributed by atoms with E-state index in [1.54, 1.807) is 6.07 Å². The van der Waals surface area contributed by atoms with Gasteiger partial charge in [-0.1, -0.05) is 54.6 Å². The fourth-order valence-corrected chi connectivity index (χ4v) is 3.01. The Bertz CT molecular complexity index is 1150. The number of halogens is 1. The summed E-state index contributed by atoms with van der Waals surface area (Å²) in [6.07, 6.45) is 0. The molecule has 26 heavy (non-hydrogen) atoms. The van der Waals surface area contributed by atoms with E-state index >= 15 is 0 Å². The van der Waals surface area contributed by atoms with Crippen molar-refractivity contribution in [1.82, 2.24) is 4.98 Å². The summed E-state index contributed by atoms with van der Waals surface area (Å²) >= 11 is 0. The number of hydrogen-bond acceptors (Lipinski definition) is 2. The predicted molar refractivity (Wildman–Crippen MR) is 101 cm³/mol. The molecule has 0 aliphatic carbocycles. The third-order valence-corrected chi connectivity index (χ3v) is 4.30. The molecular weight excluding hydrogens is 329 g/mol. The minimum atomic E-state index is -0.413. The second-order valence-electron chi connectivity index (χ2n) is 6.08. The number of aryl methyl sites for hydroxylation is 1. The van der Waals surface area contributed by atoms with Crippen LogP contribution in [0.25, 0.3) is 22.0 Å². The van der Waals surface area contributed by atoms with Crippen molar-refractivity contribution in [2.75, 3.05) is 0 Å². The van der Waals surface area contributed by atoms with Crippen LogP contribution in [0.1, 0.15) is 5.56 Å². The molecule has 0 amide bonds. The molecule has 4 rings (SSSR count). The lowest BCUT2D eigenvalue weighted by molar-refractivity contribution is 0.468. The molecule has 3 nitrogen and oxygen atoms in total. The number of hydrogen-bond donors (Lipinski definition) is 1. The van der Waals surface area contributed by atoms with Gasteiger partial charge in [-0.15, -0.1) is 0 Å². The molecule has 0 aliphatic rings. The molecule has 0 spiro atoms. The number of para-hydroxylation sites is 1. The molecule has 4 aromatic rings. The highest BCUT2D eigenvalue weighted by Crippen LogP contribution is 2.36. The first-order valence-electron chi connectivity index (χ1n) is 8.28. The quantitative estimate of drug-likeness (QED) is 0.537. The van der Waals surface area contributed by atoms with Gasteiger partial charge in [0.1, 0.15) is 11.6 Å². The third-order valence-electron chi connectivity index (χ3n) is 4.30. The molecule has 128 valence electrons. The van der Waals surface area contributed by atoms with Crippen LogP contribution in [0.3, 0.4) is 0 Å². The van der Waals surface area contributed by atoms with Gasteiger partial charge in [-0.3, -0.25) is 4.79 Å². The molecule has 0 fully saturated rings. The lowest BCUT2D eigenvalue weighted by atomic mass is 10.0. The van der Waals surface area contributed by atoms with E-state index in [-0.39, 0.29) is 11.3 Å². The molecule has 0 saturated carbocycles. The summed E-state index contributed by atoms with van der Waals surface area (Å²) in [5.74, 6) is 0.0654. The zero-order chi connectivity index (χ0) is 18.1. The van der Waals surface area contributed by atoms with Crippen LogP contribution < -0.4 is 10.3 Å². The Morgan fingerprint density at radius 3 is 2.46 bits per heavy atom. The lowest BCUT2D eigenvalue weighted by Crippen LogP contribution is -2.11. The smallest absolute Gasteiger partial charge is 0.292 e. The van der Waals surface area contributed by atoms with E-state index in [2.05, 4.69) is 4.98 Å². The Balaban J connectivity index is 2.01. The summed E-state index contributed by atoms with van der Waals surface area (Å²) in [6, 6.07) is 21.4. The van der Waals surface area contributed by atoms with Crippen LogP contribution in [0, 0.1) is 12.7 Å². The van der Waals surface area contributed by atoms with E-state index < -0.39 is 5.82 Å². The van der Waals surface area contributed by atoms with Crippen molar-refractivity contribution in [2.24, 2.45) is 0 Å². The second-order valence-corrected chi connectivity index (χ2v) is 6.08. The van der Waals surface area contributed by atoms with Crippen LogP contribution in [-0.2, 0) is 0 Å². The Hall–Kier alpha value is -3.40. The molecule has 1 aromatic heterocycles. The van der Waals surface area contributed by atoms with Gasteiger partial charge in [-0.2, -0.15) is 0 Å². The van der Waals surface area contributed by atoms with E-state index in [4.69, 9.17) is 4.74 Å².